The number of halogens is 1. The second-order valence-corrected chi connectivity index (χ2v) is 10.6. The molecule has 0 aliphatic carbocycles. The standard InChI is InChI=1S/C30H39FN2O6/c1-5-37-28(35)26(32-29(36)39-30(2,3)4)20-21-6-12-25(13-7-21)38-19-18-33-16-14-23(15-17-33)27(34)22-8-10-24(31)11-9-22/h6-13,23,26H,5,14-20H2,1-4H3,(H,32,36)/t26-/m0/s1. The maximum atomic E-state index is 13.1. The molecule has 0 radical (unpaired) electrons. The lowest BCUT2D eigenvalue weighted by molar-refractivity contribution is -0.145. The van der Waals surface area contributed by atoms with Crippen LogP contribution in [0.15, 0.2) is 48.5 Å². The van der Waals surface area contributed by atoms with Crippen LogP contribution in [0.5, 0.6) is 5.75 Å². The monoisotopic (exact) mass is 542 g/mol. The first-order chi connectivity index (χ1) is 18.5. The van der Waals surface area contributed by atoms with E-state index in [9.17, 15) is 18.8 Å². The van der Waals surface area contributed by atoms with Crippen molar-refractivity contribution >= 4 is 17.8 Å². The molecule has 0 bridgehead atoms. The predicted octanol–water partition coefficient (Wildman–Crippen LogP) is 4.80. The van der Waals surface area contributed by atoms with Crippen molar-refractivity contribution in [3.8, 4) is 5.75 Å². The summed E-state index contributed by atoms with van der Waals surface area (Å²) in [5.74, 6) is -0.118. The van der Waals surface area contributed by atoms with Crippen LogP contribution < -0.4 is 10.1 Å². The van der Waals surface area contributed by atoms with Crippen LogP contribution in [0.4, 0.5) is 9.18 Å². The Hall–Kier alpha value is -3.46. The molecule has 212 valence electrons. The minimum Gasteiger partial charge on any atom is -0.492 e. The van der Waals surface area contributed by atoms with E-state index in [1.165, 1.54) is 12.1 Å². The Kier molecular flexibility index (Phi) is 10.9. The summed E-state index contributed by atoms with van der Waals surface area (Å²) in [5, 5.41) is 2.60. The van der Waals surface area contributed by atoms with Crippen LogP contribution in [-0.2, 0) is 20.7 Å². The Bertz CT molecular complexity index is 1090. The fourth-order valence-electron chi connectivity index (χ4n) is 4.40. The van der Waals surface area contributed by atoms with Crippen molar-refractivity contribution in [3.63, 3.8) is 0 Å². The summed E-state index contributed by atoms with van der Waals surface area (Å²) in [6.07, 6.45) is 1.11. The number of hydrogen-bond donors (Lipinski definition) is 1. The Morgan fingerprint density at radius 3 is 2.26 bits per heavy atom. The van der Waals surface area contributed by atoms with Gasteiger partial charge in [0, 0.05) is 24.4 Å². The number of esters is 1. The van der Waals surface area contributed by atoms with E-state index in [1.807, 2.05) is 24.3 Å². The number of carbonyl (C=O) groups excluding carboxylic acids is 3. The number of rotatable bonds is 11. The van der Waals surface area contributed by atoms with E-state index in [0.717, 1.165) is 38.0 Å². The maximum absolute atomic E-state index is 13.1. The molecule has 1 saturated heterocycles. The van der Waals surface area contributed by atoms with Crippen molar-refractivity contribution in [2.24, 2.45) is 5.92 Å². The van der Waals surface area contributed by atoms with E-state index in [1.54, 1.807) is 39.8 Å². The quantitative estimate of drug-likeness (QED) is 0.322. The van der Waals surface area contributed by atoms with E-state index in [2.05, 4.69) is 10.2 Å². The van der Waals surface area contributed by atoms with Crippen molar-refractivity contribution in [1.29, 1.82) is 0 Å². The molecule has 1 N–H and O–H groups in total. The molecule has 2 aromatic carbocycles. The minimum absolute atomic E-state index is 0.0385. The third kappa shape index (κ3) is 9.98. The molecule has 1 amide bonds. The average molecular weight is 543 g/mol. The molecule has 2 aromatic rings. The minimum atomic E-state index is -0.871. The molecule has 3 rings (SSSR count). The van der Waals surface area contributed by atoms with E-state index in [4.69, 9.17) is 14.2 Å². The molecule has 8 nitrogen and oxygen atoms in total. The lowest BCUT2D eigenvalue weighted by atomic mass is 9.89. The van der Waals surface area contributed by atoms with Gasteiger partial charge < -0.3 is 19.5 Å². The van der Waals surface area contributed by atoms with Gasteiger partial charge in [0.15, 0.2) is 5.78 Å². The topological polar surface area (TPSA) is 94.2 Å². The fraction of sp³-hybridized carbons (Fsp3) is 0.500. The fourth-order valence-corrected chi connectivity index (χ4v) is 4.40. The van der Waals surface area contributed by atoms with E-state index in [-0.39, 0.29) is 30.5 Å². The summed E-state index contributed by atoms with van der Waals surface area (Å²) in [7, 11) is 0. The van der Waals surface area contributed by atoms with Crippen LogP contribution >= 0.6 is 0 Å². The zero-order valence-electron chi connectivity index (χ0n) is 23.2. The third-order valence-electron chi connectivity index (χ3n) is 6.39. The Balaban J connectivity index is 1.43. The second-order valence-electron chi connectivity index (χ2n) is 10.6. The smallest absolute Gasteiger partial charge is 0.408 e. The highest BCUT2D eigenvalue weighted by molar-refractivity contribution is 5.97. The number of nitrogens with one attached hydrogen (secondary N) is 1. The zero-order chi connectivity index (χ0) is 28.4. The summed E-state index contributed by atoms with van der Waals surface area (Å²) in [4.78, 5) is 39.5. The highest BCUT2D eigenvalue weighted by atomic mass is 19.1. The van der Waals surface area contributed by atoms with Crippen LogP contribution in [0, 0.1) is 11.7 Å². The number of nitrogens with zero attached hydrogens (tertiary/aromatic N) is 1. The summed E-state index contributed by atoms with van der Waals surface area (Å²) in [5.41, 5.74) is 0.722. The maximum Gasteiger partial charge on any atom is 0.408 e. The van der Waals surface area contributed by atoms with Crippen molar-refractivity contribution in [2.75, 3.05) is 32.8 Å². The van der Waals surface area contributed by atoms with E-state index in [0.29, 0.717) is 17.9 Å². The number of hydrogen-bond acceptors (Lipinski definition) is 7. The predicted molar refractivity (Wildman–Crippen MR) is 145 cm³/mol. The molecular weight excluding hydrogens is 503 g/mol. The molecule has 0 saturated carbocycles. The van der Waals surface area contributed by atoms with Gasteiger partial charge in [-0.05, 0) is 95.6 Å². The molecule has 0 unspecified atom stereocenters. The van der Waals surface area contributed by atoms with Crippen molar-refractivity contribution in [2.45, 2.75) is 58.6 Å². The second kappa shape index (κ2) is 14.1. The number of ketones is 1. The van der Waals surface area contributed by atoms with E-state index >= 15 is 0 Å². The van der Waals surface area contributed by atoms with Gasteiger partial charge in [0.05, 0.1) is 6.61 Å². The largest absolute Gasteiger partial charge is 0.492 e. The van der Waals surface area contributed by atoms with Gasteiger partial charge >= 0.3 is 12.1 Å². The molecule has 9 heteroatoms. The van der Waals surface area contributed by atoms with Gasteiger partial charge in [-0.15, -0.1) is 0 Å². The van der Waals surface area contributed by atoms with Gasteiger partial charge in [-0.3, -0.25) is 9.69 Å². The molecule has 1 heterocycles. The summed E-state index contributed by atoms with van der Waals surface area (Å²) in [6.45, 7) is 10.0. The van der Waals surface area contributed by atoms with Crippen molar-refractivity contribution < 1.29 is 33.0 Å². The summed E-state index contributed by atoms with van der Waals surface area (Å²) >= 11 is 0. The first kappa shape index (κ1) is 30.1. The van der Waals surface area contributed by atoms with Crippen molar-refractivity contribution in [1.82, 2.24) is 10.2 Å². The SMILES string of the molecule is CCOC(=O)[C@H](Cc1ccc(OCCN2CCC(C(=O)c3ccc(F)cc3)CC2)cc1)NC(=O)OC(C)(C)C. The van der Waals surface area contributed by atoms with Gasteiger partial charge in [0.2, 0.25) is 0 Å². The van der Waals surface area contributed by atoms with E-state index < -0.39 is 23.7 Å². The number of piperidine rings is 1. The number of alkyl carbamates (subject to hydrolysis) is 1. The van der Waals surface area contributed by atoms with Crippen LogP contribution in [-0.4, -0.2) is 67.2 Å². The first-order valence-electron chi connectivity index (χ1n) is 13.4. The van der Waals surface area contributed by atoms with Gasteiger partial charge in [-0.25, -0.2) is 14.0 Å². The number of carbonyl (C=O) groups is 3. The Morgan fingerprint density at radius 1 is 1.03 bits per heavy atom. The number of Topliss-reactive ketones (excluding diaryl/α,β-unsaturated/α-hetero) is 1. The Morgan fingerprint density at radius 2 is 1.67 bits per heavy atom. The summed E-state index contributed by atoms with van der Waals surface area (Å²) in [6, 6.07) is 12.3. The zero-order valence-corrected chi connectivity index (χ0v) is 23.2. The molecule has 1 atom stereocenters. The molecule has 0 spiro atoms. The lowest BCUT2D eigenvalue weighted by Gasteiger charge is -2.31. The first-order valence-corrected chi connectivity index (χ1v) is 13.4. The highest BCUT2D eigenvalue weighted by Gasteiger charge is 2.27. The molecular formula is C30H39FN2O6. The van der Waals surface area contributed by atoms with Gasteiger partial charge in [-0.1, -0.05) is 12.1 Å². The molecule has 1 aliphatic heterocycles. The number of amides is 1. The van der Waals surface area contributed by atoms with Crippen LogP contribution in [0.2, 0.25) is 0 Å². The molecule has 39 heavy (non-hydrogen) atoms. The van der Waals surface area contributed by atoms with Crippen LogP contribution in [0.25, 0.3) is 0 Å². The number of likely N-dealkylation sites (tertiary alicyclic amines) is 1. The van der Waals surface area contributed by atoms with Gasteiger partial charge in [-0.2, -0.15) is 0 Å². The normalized spacial score (nSPS) is 15.3. The number of ether oxygens (including phenoxy) is 3. The lowest BCUT2D eigenvalue weighted by Crippen LogP contribution is -2.45. The van der Waals surface area contributed by atoms with Gasteiger partial charge in [0.1, 0.15) is 29.8 Å². The molecule has 1 aliphatic rings. The van der Waals surface area contributed by atoms with Crippen molar-refractivity contribution in [3.05, 3.63) is 65.5 Å². The molecule has 1 fully saturated rings. The third-order valence-corrected chi connectivity index (χ3v) is 6.39. The highest BCUT2D eigenvalue weighted by Crippen LogP contribution is 2.22. The van der Waals surface area contributed by atoms with Crippen LogP contribution in [0.3, 0.4) is 0 Å². The molecule has 0 aromatic heterocycles. The van der Waals surface area contributed by atoms with Crippen LogP contribution in [0.1, 0.15) is 56.5 Å². The van der Waals surface area contributed by atoms with Gasteiger partial charge in [0.25, 0.3) is 0 Å². The Labute approximate surface area is 229 Å². The average Bonchev–Trinajstić information content (AvgIpc) is 2.89. The summed E-state index contributed by atoms with van der Waals surface area (Å²) < 4.78 is 29.4. The number of benzene rings is 2.